The van der Waals surface area contributed by atoms with E-state index in [-0.39, 0.29) is 59.5 Å². The van der Waals surface area contributed by atoms with Gasteiger partial charge in [0.2, 0.25) is 5.91 Å². The van der Waals surface area contributed by atoms with Crippen molar-refractivity contribution >= 4 is 52.6 Å². The van der Waals surface area contributed by atoms with Gasteiger partial charge in [0, 0.05) is 75.2 Å². The van der Waals surface area contributed by atoms with Crippen LogP contribution in [0.25, 0.3) is 11.3 Å². The molecule has 2 fully saturated rings. The van der Waals surface area contributed by atoms with Crippen LogP contribution in [0.2, 0.25) is 0 Å². The topological polar surface area (TPSA) is 294 Å². The van der Waals surface area contributed by atoms with Crippen molar-refractivity contribution in [1.82, 2.24) is 40.6 Å². The van der Waals surface area contributed by atoms with Gasteiger partial charge in [-0.1, -0.05) is 32.0 Å². The molecule has 0 unspecified atom stereocenters. The van der Waals surface area contributed by atoms with Crippen LogP contribution in [0.15, 0.2) is 91.3 Å². The number of nitriles is 1. The van der Waals surface area contributed by atoms with E-state index >= 15 is 0 Å². The van der Waals surface area contributed by atoms with Crippen LogP contribution in [0.5, 0.6) is 28.7 Å². The number of nitrogens with zero attached hydrogens (tertiary/aromatic N) is 8. The molecule has 0 bridgehead atoms. The normalized spacial score (nSPS) is 13.8. The molecule has 412 valence electrons. The molecule has 8 N–H and O–H groups in total. The smallest absolute Gasteiger partial charge is 0.412 e. The van der Waals surface area contributed by atoms with Gasteiger partial charge in [-0.3, -0.25) is 35.3 Å². The number of aromatic amines is 1. The van der Waals surface area contributed by atoms with Gasteiger partial charge in [0.1, 0.15) is 46.5 Å². The van der Waals surface area contributed by atoms with Crippen molar-refractivity contribution in [2.24, 2.45) is 5.92 Å². The van der Waals surface area contributed by atoms with Crippen LogP contribution >= 0.6 is 0 Å². The predicted molar refractivity (Wildman–Crippen MR) is 299 cm³/mol. The lowest BCUT2D eigenvalue weighted by molar-refractivity contribution is -0.137. The molecular weight excluding hydrogens is 1010 g/mol. The molecule has 22 heteroatoms. The number of hydrogen-bond acceptors (Lipinski definition) is 17. The number of piperazine rings is 1. The first-order valence-electron chi connectivity index (χ1n) is 26.2. The first-order chi connectivity index (χ1) is 38.1. The molecular formula is C57H66N14O8. The molecule has 0 radical (unpaired) electrons. The Bertz CT molecular complexity index is 3200. The summed E-state index contributed by atoms with van der Waals surface area (Å²) in [5.74, 6) is 0.570. The molecule has 22 nitrogen and oxygen atoms in total. The molecule has 4 aromatic carbocycles. The Kier molecular flexibility index (Phi) is 18.2. The number of amides is 3. The number of carbonyl (C=O) groups is 3. The van der Waals surface area contributed by atoms with Gasteiger partial charge in [-0.25, -0.2) is 14.8 Å². The fraction of sp³-hybridized carbons (Fsp3) is 0.351. The maximum absolute atomic E-state index is 13.8. The molecule has 8 rings (SSSR count). The molecule has 2 aliphatic rings. The number of nitrogens with one attached hydrogen (secondary N) is 6. The number of ether oxygens (including phenoxy) is 3. The number of hydrogen-bond donors (Lipinski definition) is 8. The van der Waals surface area contributed by atoms with E-state index in [1.807, 2.05) is 74.2 Å². The molecule has 2 aliphatic heterocycles. The van der Waals surface area contributed by atoms with Crippen molar-refractivity contribution in [1.29, 1.82) is 16.1 Å². The highest BCUT2D eigenvalue weighted by Gasteiger charge is 2.32. The van der Waals surface area contributed by atoms with Crippen LogP contribution in [0, 0.1) is 35.0 Å². The molecule has 79 heavy (non-hydrogen) atoms. The van der Waals surface area contributed by atoms with E-state index in [1.54, 1.807) is 38.3 Å². The number of aromatic hydroxyl groups is 2. The zero-order chi connectivity index (χ0) is 56.2. The second-order valence-electron chi connectivity index (χ2n) is 19.5. The second kappa shape index (κ2) is 25.7. The summed E-state index contributed by atoms with van der Waals surface area (Å²) in [5, 5.41) is 63.8. The molecule has 2 saturated heterocycles. The van der Waals surface area contributed by atoms with Gasteiger partial charge in [-0.05, 0) is 117 Å². The van der Waals surface area contributed by atoms with E-state index in [4.69, 9.17) is 30.3 Å². The van der Waals surface area contributed by atoms with Crippen molar-refractivity contribution in [3.05, 3.63) is 119 Å². The van der Waals surface area contributed by atoms with Crippen molar-refractivity contribution in [2.45, 2.75) is 59.4 Å². The van der Waals surface area contributed by atoms with Gasteiger partial charge in [0.25, 0.3) is 5.91 Å². The number of phenolic OH excluding ortho intramolecular Hbond substituents is 2. The molecule has 0 aliphatic carbocycles. The number of phenols is 2. The molecule has 2 aromatic heterocycles. The Balaban J connectivity index is 0.761. The minimum atomic E-state index is -0.676. The largest absolute Gasteiger partial charge is 0.508 e. The van der Waals surface area contributed by atoms with Crippen molar-refractivity contribution in [3.8, 4) is 46.1 Å². The molecule has 0 atom stereocenters. The molecule has 3 amide bonds. The zero-order valence-corrected chi connectivity index (χ0v) is 44.9. The van der Waals surface area contributed by atoms with Gasteiger partial charge < -0.3 is 50.2 Å². The van der Waals surface area contributed by atoms with E-state index in [2.05, 4.69) is 45.9 Å². The summed E-state index contributed by atoms with van der Waals surface area (Å²) in [7, 11) is 1.57. The minimum Gasteiger partial charge on any atom is -0.508 e. The van der Waals surface area contributed by atoms with E-state index in [9.17, 15) is 24.6 Å². The van der Waals surface area contributed by atoms with Gasteiger partial charge in [-0.2, -0.15) is 10.4 Å². The number of likely N-dealkylation sites (tertiary alicyclic amines) is 1. The SMILES string of the molecule is CCNC(=O)C(=N)N(C(=N)c1cc(C(C)C)c(O)cc1O)c1ccc(CN2CCC(C(=O)N3CCN(c4ccc(OC(=O)NCCCOc5cccc(OC)c5-c5cc(Nc6cnc(C#N)cn6)n[nH]5)c(C)c4)CC3)CC2)cc1. The summed E-state index contributed by atoms with van der Waals surface area (Å²) >= 11 is 0. The van der Waals surface area contributed by atoms with Gasteiger partial charge in [0.05, 0.1) is 42.9 Å². The van der Waals surface area contributed by atoms with Gasteiger partial charge in [-0.15, -0.1) is 0 Å². The highest BCUT2D eigenvalue weighted by Crippen LogP contribution is 2.39. The van der Waals surface area contributed by atoms with Crippen LogP contribution < -0.4 is 40.0 Å². The Morgan fingerprint density at radius 3 is 2.30 bits per heavy atom. The number of amidine groups is 2. The first-order valence-corrected chi connectivity index (χ1v) is 26.2. The first kappa shape index (κ1) is 56.0. The third kappa shape index (κ3) is 13.7. The molecule has 0 saturated carbocycles. The third-order valence-electron chi connectivity index (χ3n) is 13.8. The van der Waals surface area contributed by atoms with E-state index in [0.717, 1.165) is 42.7 Å². The summed E-state index contributed by atoms with van der Waals surface area (Å²) in [6, 6.07) is 24.9. The van der Waals surface area contributed by atoms with E-state index in [0.29, 0.717) is 97.1 Å². The quantitative estimate of drug-likeness (QED) is 0.0236. The number of H-pyrrole nitrogens is 1. The Hall–Kier alpha value is -9.23. The fourth-order valence-corrected chi connectivity index (χ4v) is 9.56. The molecule has 4 heterocycles. The highest BCUT2D eigenvalue weighted by atomic mass is 16.6. The summed E-state index contributed by atoms with van der Waals surface area (Å²) in [6.45, 7) is 12.9. The second-order valence-corrected chi connectivity index (χ2v) is 19.5. The number of likely N-dealkylation sites (N-methyl/N-ethyl adjacent to an activating group) is 1. The number of aryl methyl sites for hydroxylation is 1. The van der Waals surface area contributed by atoms with E-state index < -0.39 is 17.8 Å². The van der Waals surface area contributed by atoms with E-state index in [1.165, 1.54) is 29.4 Å². The van der Waals surface area contributed by atoms with Gasteiger partial charge >= 0.3 is 6.09 Å². The number of benzene rings is 4. The molecule has 0 spiro atoms. The number of methoxy groups -OCH3 is 1. The van der Waals surface area contributed by atoms with Gasteiger partial charge in [0.15, 0.2) is 17.3 Å². The highest BCUT2D eigenvalue weighted by molar-refractivity contribution is 6.48. The predicted octanol–water partition coefficient (Wildman–Crippen LogP) is 7.40. The summed E-state index contributed by atoms with van der Waals surface area (Å²) in [6.07, 6.45) is 4.20. The third-order valence-corrected chi connectivity index (χ3v) is 13.8. The lowest BCUT2D eigenvalue weighted by atomic mass is 9.94. The Morgan fingerprint density at radius 1 is 0.886 bits per heavy atom. The maximum Gasteiger partial charge on any atom is 0.412 e. The van der Waals surface area contributed by atoms with Crippen LogP contribution in [0.1, 0.15) is 73.9 Å². The number of carbonyl (C=O) groups excluding carboxylic acids is 3. The number of aromatic nitrogens is 4. The summed E-state index contributed by atoms with van der Waals surface area (Å²) in [5.41, 5.74) is 5.26. The maximum atomic E-state index is 13.8. The van der Waals surface area contributed by atoms with Crippen molar-refractivity contribution in [3.63, 3.8) is 0 Å². The lowest BCUT2D eigenvalue weighted by Crippen LogP contribution is -2.51. The zero-order valence-electron chi connectivity index (χ0n) is 44.9. The summed E-state index contributed by atoms with van der Waals surface area (Å²) < 4.78 is 17.5. The Labute approximate surface area is 458 Å². The number of rotatable bonds is 18. The van der Waals surface area contributed by atoms with Crippen molar-refractivity contribution < 1.29 is 38.8 Å². The van der Waals surface area contributed by atoms with Crippen molar-refractivity contribution in [2.75, 3.05) is 81.2 Å². The van der Waals surface area contributed by atoms with Crippen LogP contribution in [0.4, 0.5) is 27.8 Å². The minimum absolute atomic E-state index is 0.0693. The average Bonchev–Trinajstić information content (AvgIpc) is 3.95. The fourth-order valence-electron chi connectivity index (χ4n) is 9.56. The number of piperidine rings is 1. The summed E-state index contributed by atoms with van der Waals surface area (Å²) in [4.78, 5) is 55.5. The average molecular weight is 1080 g/mol. The van der Waals surface area contributed by atoms with Crippen LogP contribution in [-0.4, -0.2) is 136 Å². The van der Waals surface area contributed by atoms with Crippen LogP contribution in [0.3, 0.4) is 0 Å². The molecule has 6 aromatic rings. The number of anilines is 4. The lowest BCUT2D eigenvalue weighted by Gasteiger charge is -2.39. The Morgan fingerprint density at radius 2 is 1.63 bits per heavy atom. The van der Waals surface area contributed by atoms with Crippen LogP contribution in [-0.2, 0) is 16.1 Å². The standard InChI is InChI=1S/C57H66N14O8/c1-6-61-55(74)54(60)71(53(59)43-28-42(35(2)3)45(72)30-46(43)73)40-13-11-37(12-14-40)34-68-20-17-38(18-21-68)56(75)70-24-22-69(23-25-70)41-15-16-47(36(4)27-41)79-57(76)62-19-8-26-78-49-10-7-9-48(77-5)52(49)44-29-50(67-66-44)65-51-33-63-39(31-58)32-64-51/h7,9-16,27-30,32-33,35,38,59-60,72-73H,6,8,17-26,34H2,1-5H3,(H,61,74)(H,62,76)(H2,64,65,66,67). The monoisotopic (exact) mass is 1070 g/mol.